The second-order valence-corrected chi connectivity index (χ2v) is 6.68. The van der Waals surface area contributed by atoms with Crippen molar-refractivity contribution in [3.8, 4) is 17.2 Å². The molecule has 0 saturated carbocycles. The number of aryl methyl sites for hydroxylation is 1. The maximum atomic E-state index is 13.0. The Morgan fingerprint density at radius 1 is 0.966 bits per heavy atom. The first-order chi connectivity index (χ1) is 14.2. The van der Waals surface area contributed by atoms with Crippen LogP contribution in [0.4, 0.5) is 10.1 Å². The lowest BCUT2D eigenvalue weighted by molar-refractivity contribution is -0.116. The molecule has 29 heavy (non-hydrogen) atoms. The molecule has 1 amide bonds. The summed E-state index contributed by atoms with van der Waals surface area (Å²) in [5.41, 5.74) is 2.54. The highest BCUT2D eigenvalue weighted by molar-refractivity contribution is 5.91. The predicted octanol–water partition coefficient (Wildman–Crippen LogP) is 4.70. The van der Waals surface area contributed by atoms with Crippen LogP contribution in [0.5, 0.6) is 17.2 Å². The average Bonchev–Trinajstić information content (AvgIpc) is 3.20. The molecule has 1 aliphatic heterocycles. The third-order valence-electron chi connectivity index (χ3n) is 4.51. The highest BCUT2D eigenvalue weighted by Crippen LogP contribution is 2.32. The van der Waals surface area contributed by atoms with Crippen molar-refractivity contribution in [2.45, 2.75) is 19.4 Å². The van der Waals surface area contributed by atoms with Gasteiger partial charge in [0.2, 0.25) is 12.7 Å². The fraction of sp³-hybridized carbons (Fsp3) is 0.174. The zero-order chi connectivity index (χ0) is 20.1. The van der Waals surface area contributed by atoms with Gasteiger partial charge in [0.25, 0.3) is 0 Å². The molecule has 6 heteroatoms. The Hall–Kier alpha value is -3.54. The number of amides is 1. The van der Waals surface area contributed by atoms with Crippen LogP contribution >= 0.6 is 0 Å². The van der Waals surface area contributed by atoms with Crippen molar-refractivity contribution in [3.63, 3.8) is 0 Å². The summed E-state index contributed by atoms with van der Waals surface area (Å²) in [6.07, 6.45) is 0.948. The first-order valence-corrected chi connectivity index (χ1v) is 9.31. The molecular weight excluding hydrogens is 373 g/mol. The number of hydrogen-bond acceptors (Lipinski definition) is 4. The van der Waals surface area contributed by atoms with Crippen LogP contribution in [-0.4, -0.2) is 12.7 Å². The number of carbonyl (C=O) groups excluding carboxylic acids is 1. The maximum Gasteiger partial charge on any atom is 0.231 e. The monoisotopic (exact) mass is 393 g/mol. The van der Waals surface area contributed by atoms with Crippen molar-refractivity contribution >= 4 is 11.6 Å². The van der Waals surface area contributed by atoms with E-state index in [9.17, 15) is 9.18 Å². The van der Waals surface area contributed by atoms with Crippen LogP contribution in [0.3, 0.4) is 0 Å². The van der Waals surface area contributed by atoms with E-state index in [-0.39, 0.29) is 18.5 Å². The number of rotatable bonds is 7. The molecule has 0 atom stereocenters. The second-order valence-electron chi connectivity index (χ2n) is 6.68. The Labute approximate surface area is 168 Å². The summed E-state index contributed by atoms with van der Waals surface area (Å²) in [7, 11) is 0. The summed E-state index contributed by atoms with van der Waals surface area (Å²) in [5, 5.41) is 2.89. The summed E-state index contributed by atoms with van der Waals surface area (Å²) in [6, 6.07) is 19.0. The first kappa shape index (κ1) is 18.8. The van der Waals surface area contributed by atoms with Crippen molar-refractivity contribution in [3.05, 3.63) is 83.7 Å². The highest BCUT2D eigenvalue weighted by Gasteiger charge is 2.13. The molecule has 1 N–H and O–H groups in total. The molecule has 3 aromatic carbocycles. The number of anilines is 1. The number of carbonyl (C=O) groups is 1. The van der Waals surface area contributed by atoms with E-state index in [0.717, 1.165) is 16.9 Å². The minimum Gasteiger partial charge on any atom is -0.489 e. The van der Waals surface area contributed by atoms with Gasteiger partial charge >= 0.3 is 0 Å². The molecule has 0 saturated heterocycles. The topological polar surface area (TPSA) is 56.8 Å². The zero-order valence-electron chi connectivity index (χ0n) is 15.7. The highest BCUT2D eigenvalue weighted by atomic mass is 19.1. The van der Waals surface area contributed by atoms with Crippen molar-refractivity contribution < 1.29 is 23.4 Å². The molecule has 0 aliphatic carbocycles. The Balaban J connectivity index is 1.29. The normalized spacial score (nSPS) is 11.9. The lowest BCUT2D eigenvalue weighted by Gasteiger charge is -2.10. The van der Waals surface area contributed by atoms with Gasteiger partial charge in [-0.2, -0.15) is 0 Å². The minimum absolute atomic E-state index is 0.0849. The molecule has 148 valence electrons. The van der Waals surface area contributed by atoms with Crippen molar-refractivity contribution in [2.24, 2.45) is 0 Å². The van der Waals surface area contributed by atoms with Crippen molar-refractivity contribution in [1.29, 1.82) is 0 Å². The molecule has 0 spiro atoms. The first-order valence-electron chi connectivity index (χ1n) is 9.31. The van der Waals surface area contributed by atoms with Gasteiger partial charge in [0.15, 0.2) is 11.5 Å². The minimum atomic E-state index is -0.279. The Kier molecular flexibility index (Phi) is 5.61. The SMILES string of the molecule is O=C(CCc1ccc2c(c1)OCO2)Nc1cccc(OCc2ccc(F)cc2)c1. The van der Waals surface area contributed by atoms with Gasteiger partial charge in [-0.3, -0.25) is 4.79 Å². The molecule has 3 aromatic rings. The zero-order valence-corrected chi connectivity index (χ0v) is 15.7. The van der Waals surface area contributed by atoms with Crippen LogP contribution < -0.4 is 19.5 Å². The van der Waals surface area contributed by atoms with E-state index in [4.69, 9.17) is 14.2 Å². The van der Waals surface area contributed by atoms with Gasteiger partial charge in [0.05, 0.1) is 0 Å². The Bertz CT molecular complexity index is 1000. The quantitative estimate of drug-likeness (QED) is 0.632. The molecule has 4 rings (SSSR count). The Morgan fingerprint density at radius 3 is 2.62 bits per heavy atom. The van der Waals surface area contributed by atoms with E-state index in [0.29, 0.717) is 36.6 Å². The van der Waals surface area contributed by atoms with Crippen LogP contribution in [0.2, 0.25) is 0 Å². The third-order valence-corrected chi connectivity index (χ3v) is 4.51. The molecule has 0 radical (unpaired) electrons. The standard InChI is InChI=1S/C23H20FNO4/c24-18-8-4-17(5-9-18)14-27-20-3-1-2-19(13-20)25-23(26)11-7-16-6-10-21-22(12-16)29-15-28-21/h1-6,8-10,12-13H,7,11,14-15H2,(H,25,26). The smallest absolute Gasteiger partial charge is 0.231 e. The molecule has 1 heterocycles. The van der Waals surface area contributed by atoms with Gasteiger partial charge < -0.3 is 19.5 Å². The van der Waals surface area contributed by atoms with E-state index < -0.39 is 0 Å². The molecule has 0 aromatic heterocycles. The fourth-order valence-electron chi connectivity index (χ4n) is 2.99. The summed E-state index contributed by atoms with van der Waals surface area (Å²) in [5.74, 6) is 1.71. The van der Waals surface area contributed by atoms with Gasteiger partial charge in [0, 0.05) is 18.2 Å². The summed E-state index contributed by atoms with van der Waals surface area (Å²) < 4.78 is 29.3. The molecular formula is C23H20FNO4. The van der Waals surface area contributed by atoms with Gasteiger partial charge in [-0.1, -0.05) is 24.3 Å². The molecule has 0 fully saturated rings. The number of benzene rings is 3. The Morgan fingerprint density at radius 2 is 1.76 bits per heavy atom. The van der Waals surface area contributed by atoms with Gasteiger partial charge in [-0.15, -0.1) is 0 Å². The number of fused-ring (bicyclic) bond motifs is 1. The van der Waals surface area contributed by atoms with Crippen molar-refractivity contribution in [1.82, 2.24) is 0 Å². The van der Waals surface area contributed by atoms with Gasteiger partial charge in [0.1, 0.15) is 18.2 Å². The molecule has 1 aliphatic rings. The lowest BCUT2D eigenvalue weighted by Crippen LogP contribution is -2.12. The lowest BCUT2D eigenvalue weighted by atomic mass is 10.1. The maximum absolute atomic E-state index is 13.0. The van der Waals surface area contributed by atoms with Crippen molar-refractivity contribution in [2.75, 3.05) is 12.1 Å². The third kappa shape index (κ3) is 5.04. The predicted molar refractivity (Wildman–Crippen MR) is 107 cm³/mol. The number of nitrogens with one attached hydrogen (secondary N) is 1. The largest absolute Gasteiger partial charge is 0.489 e. The van der Waals surface area contributed by atoms with E-state index >= 15 is 0 Å². The number of halogens is 1. The van der Waals surface area contributed by atoms with Crippen LogP contribution in [0.1, 0.15) is 17.5 Å². The summed E-state index contributed by atoms with van der Waals surface area (Å²) >= 11 is 0. The van der Waals surface area contributed by atoms with E-state index in [1.165, 1.54) is 12.1 Å². The van der Waals surface area contributed by atoms with E-state index in [2.05, 4.69) is 5.32 Å². The molecule has 0 unspecified atom stereocenters. The van der Waals surface area contributed by atoms with Crippen LogP contribution in [0, 0.1) is 5.82 Å². The van der Waals surface area contributed by atoms with Crippen LogP contribution in [-0.2, 0) is 17.8 Å². The summed E-state index contributed by atoms with van der Waals surface area (Å²) in [4.78, 5) is 12.3. The number of ether oxygens (including phenoxy) is 3. The van der Waals surface area contributed by atoms with Crippen LogP contribution in [0.25, 0.3) is 0 Å². The van der Waals surface area contributed by atoms with Gasteiger partial charge in [-0.05, 0) is 53.9 Å². The van der Waals surface area contributed by atoms with Crippen LogP contribution in [0.15, 0.2) is 66.7 Å². The molecule has 5 nitrogen and oxygen atoms in total. The summed E-state index contributed by atoms with van der Waals surface area (Å²) in [6.45, 7) is 0.556. The van der Waals surface area contributed by atoms with E-state index in [1.54, 1.807) is 18.2 Å². The second kappa shape index (κ2) is 8.65. The molecule has 0 bridgehead atoms. The fourth-order valence-corrected chi connectivity index (χ4v) is 2.99. The average molecular weight is 393 g/mol. The van der Waals surface area contributed by atoms with Gasteiger partial charge in [-0.25, -0.2) is 4.39 Å². The van der Waals surface area contributed by atoms with E-state index in [1.807, 2.05) is 36.4 Å². The number of hydrogen-bond donors (Lipinski definition) is 1.